The van der Waals surface area contributed by atoms with Crippen LogP contribution in [0.1, 0.15) is 0 Å². The molecular formula is C17H24ClN3O3. The van der Waals surface area contributed by atoms with Crippen LogP contribution in [0.4, 0.5) is 4.79 Å². The summed E-state index contributed by atoms with van der Waals surface area (Å²) in [5.41, 5.74) is 0. The SMILES string of the molecule is O=C1OCCN1CCN1CCN(CCOc2ccc(Cl)cc2)CC1. The van der Waals surface area contributed by atoms with Gasteiger partial charge in [-0.05, 0) is 24.3 Å². The lowest BCUT2D eigenvalue weighted by Crippen LogP contribution is -2.49. The van der Waals surface area contributed by atoms with Gasteiger partial charge in [0, 0.05) is 50.8 Å². The number of piperazine rings is 1. The lowest BCUT2D eigenvalue weighted by molar-refractivity contribution is 0.109. The Kier molecular flexibility index (Phi) is 6.18. The highest BCUT2D eigenvalue weighted by molar-refractivity contribution is 6.30. The first-order valence-corrected chi connectivity index (χ1v) is 8.83. The zero-order valence-electron chi connectivity index (χ0n) is 13.8. The van der Waals surface area contributed by atoms with Crippen LogP contribution < -0.4 is 4.74 Å². The predicted octanol–water partition coefficient (Wildman–Crippen LogP) is 1.79. The molecule has 132 valence electrons. The highest BCUT2D eigenvalue weighted by atomic mass is 35.5. The molecule has 0 spiro atoms. The van der Waals surface area contributed by atoms with E-state index in [1.807, 2.05) is 24.3 Å². The average molecular weight is 354 g/mol. The first kappa shape index (κ1) is 17.3. The number of carbonyl (C=O) groups excluding carboxylic acids is 1. The van der Waals surface area contributed by atoms with Crippen molar-refractivity contribution in [3.8, 4) is 5.75 Å². The molecule has 2 fully saturated rings. The van der Waals surface area contributed by atoms with E-state index < -0.39 is 0 Å². The third kappa shape index (κ3) is 5.00. The summed E-state index contributed by atoms with van der Waals surface area (Å²) in [6.45, 7) is 8.68. The van der Waals surface area contributed by atoms with Gasteiger partial charge in [-0.1, -0.05) is 11.6 Å². The first-order chi connectivity index (χ1) is 11.7. The van der Waals surface area contributed by atoms with E-state index in [2.05, 4.69) is 9.80 Å². The van der Waals surface area contributed by atoms with Gasteiger partial charge in [0.1, 0.15) is 19.0 Å². The van der Waals surface area contributed by atoms with Gasteiger partial charge in [0.25, 0.3) is 0 Å². The van der Waals surface area contributed by atoms with Crippen molar-refractivity contribution < 1.29 is 14.3 Å². The lowest BCUT2D eigenvalue weighted by Gasteiger charge is -2.35. The average Bonchev–Trinajstić information content (AvgIpc) is 3.01. The molecule has 0 unspecified atom stereocenters. The number of hydrogen-bond donors (Lipinski definition) is 0. The van der Waals surface area contributed by atoms with E-state index >= 15 is 0 Å². The lowest BCUT2D eigenvalue weighted by atomic mass is 10.3. The standard InChI is InChI=1S/C17H24ClN3O3/c18-15-1-3-16(4-2-15)23-13-11-20-7-5-19(6-8-20)9-10-21-12-14-24-17(21)22/h1-4H,5-14H2. The number of rotatable bonds is 7. The number of cyclic esters (lactones) is 1. The van der Waals surface area contributed by atoms with Crippen molar-refractivity contribution in [3.05, 3.63) is 29.3 Å². The molecule has 2 saturated heterocycles. The highest BCUT2D eigenvalue weighted by Gasteiger charge is 2.23. The summed E-state index contributed by atoms with van der Waals surface area (Å²) in [6, 6.07) is 7.46. The van der Waals surface area contributed by atoms with Crippen LogP contribution >= 0.6 is 11.6 Å². The molecule has 0 saturated carbocycles. The second kappa shape index (κ2) is 8.55. The molecule has 24 heavy (non-hydrogen) atoms. The largest absolute Gasteiger partial charge is 0.492 e. The van der Waals surface area contributed by atoms with Crippen molar-refractivity contribution >= 4 is 17.7 Å². The van der Waals surface area contributed by atoms with E-state index in [0.29, 0.717) is 13.2 Å². The van der Waals surface area contributed by atoms with Crippen molar-refractivity contribution in [1.82, 2.24) is 14.7 Å². The third-order valence-electron chi connectivity index (χ3n) is 4.49. The highest BCUT2D eigenvalue weighted by Crippen LogP contribution is 2.15. The van der Waals surface area contributed by atoms with Gasteiger partial charge in [-0.25, -0.2) is 4.79 Å². The van der Waals surface area contributed by atoms with Crippen molar-refractivity contribution in [1.29, 1.82) is 0 Å². The summed E-state index contributed by atoms with van der Waals surface area (Å²) in [6.07, 6.45) is -0.173. The Labute approximate surface area is 147 Å². The summed E-state index contributed by atoms with van der Waals surface area (Å²) >= 11 is 5.86. The number of carbonyl (C=O) groups is 1. The summed E-state index contributed by atoms with van der Waals surface area (Å²) < 4.78 is 10.7. The smallest absolute Gasteiger partial charge is 0.409 e. The molecule has 0 aromatic heterocycles. The molecule has 1 aromatic carbocycles. The molecule has 0 radical (unpaired) electrons. The summed E-state index contributed by atoms with van der Waals surface area (Å²) in [5.74, 6) is 0.857. The van der Waals surface area contributed by atoms with Crippen LogP contribution in [0.25, 0.3) is 0 Å². The van der Waals surface area contributed by atoms with Crippen LogP contribution in [-0.2, 0) is 4.74 Å². The van der Waals surface area contributed by atoms with Crippen LogP contribution in [0.5, 0.6) is 5.75 Å². The molecule has 0 N–H and O–H groups in total. The molecule has 2 aliphatic heterocycles. The Bertz CT molecular complexity index is 532. The molecule has 3 rings (SSSR count). The van der Waals surface area contributed by atoms with Crippen molar-refractivity contribution in [3.63, 3.8) is 0 Å². The van der Waals surface area contributed by atoms with Crippen LogP contribution in [0, 0.1) is 0 Å². The molecule has 7 heteroatoms. The van der Waals surface area contributed by atoms with Crippen LogP contribution in [0.15, 0.2) is 24.3 Å². The molecule has 1 amide bonds. The Morgan fingerprint density at radius 2 is 1.62 bits per heavy atom. The number of benzene rings is 1. The summed E-state index contributed by atoms with van der Waals surface area (Å²) in [5, 5.41) is 0.723. The minimum Gasteiger partial charge on any atom is -0.492 e. The molecule has 0 bridgehead atoms. The van der Waals surface area contributed by atoms with Gasteiger partial charge in [-0.2, -0.15) is 0 Å². The topological polar surface area (TPSA) is 45.2 Å². The van der Waals surface area contributed by atoms with E-state index in [1.165, 1.54) is 0 Å². The van der Waals surface area contributed by atoms with Gasteiger partial charge in [-0.3, -0.25) is 9.80 Å². The fraction of sp³-hybridized carbons (Fsp3) is 0.588. The minimum absolute atomic E-state index is 0.173. The van der Waals surface area contributed by atoms with E-state index in [4.69, 9.17) is 21.1 Å². The van der Waals surface area contributed by atoms with Gasteiger partial charge in [0.15, 0.2) is 0 Å². The summed E-state index contributed by atoms with van der Waals surface area (Å²) in [4.78, 5) is 18.0. The van der Waals surface area contributed by atoms with Crippen LogP contribution in [0.3, 0.4) is 0 Å². The van der Waals surface area contributed by atoms with E-state index in [9.17, 15) is 4.79 Å². The second-order valence-corrected chi connectivity index (χ2v) is 6.52. The number of hydrogen-bond acceptors (Lipinski definition) is 5. The first-order valence-electron chi connectivity index (χ1n) is 8.45. The fourth-order valence-electron chi connectivity index (χ4n) is 2.95. The predicted molar refractivity (Wildman–Crippen MR) is 92.7 cm³/mol. The maximum Gasteiger partial charge on any atom is 0.409 e. The monoisotopic (exact) mass is 353 g/mol. The number of ether oxygens (including phenoxy) is 2. The normalized spacial score (nSPS) is 19.5. The maximum absolute atomic E-state index is 11.4. The molecular weight excluding hydrogens is 330 g/mol. The van der Waals surface area contributed by atoms with Crippen molar-refractivity contribution in [2.75, 3.05) is 65.6 Å². The Morgan fingerprint density at radius 3 is 2.25 bits per heavy atom. The zero-order valence-corrected chi connectivity index (χ0v) is 14.6. The van der Waals surface area contributed by atoms with Gasteiger partial charge < -0.3 is 14.4 Å². The molecule has 1 aromatic rings. The van der Waals surface area contributed by atoms with Gasteiger partial charge in [-0.15, -0.1) is 0 Å². The molecule has 2 heterocycles. The van der Waals surface area contributed by atoms with Crippen molar-refractivity contribution in [2.24, 2.45) is 0 Å². The van der Waals surface area contributed by atoms with Crippen LogP contribution in [-0.4, -0.2) is 86.4 Å². The maximum atomic E-state index is 11.4. The Hall–Kier alpha value is -1.50. The zero-order chi connectivity index (χ0) is 16.8. The quantitative estimate of drug-likeness (QED) is 0.748. The van der Waals surface area contributed by atoms with E-state index in [1.54, 1.807) is 4.90 Å². The number of amides is 1. The van der Waals surface area contributed by atoms with Gasteiger partial charge >= 0.3 is 6.09 Å². The van der Waals surface area contributed by atoms with E-state index in [-0.39, 0.29) is 6.09 Å². The Morgan fingerprint density at radius 1 is 0.958 bits per heavy atom. The number of nitrogens with zero attached hydrogens (tertiary/aromatic N) is 3. The summed E-state index contributed by atoms with van der Waals surface area (Å²) in [7, 11) is 0. The van der Waals surface area contributed by atoms with Crippen LogP contribution in [0.2, 0.25) is 5.02 Å². The molecule has 2 aliphatic rings. The fourth-order valence-corrected chi connectivity index (χ4v) is 3.08. The second-order valence-electron chi connectivity index (χ2n) is 6.09. The minimum atomic E-state index is -0.173. The molecule has 0 atom stereocenters. The van der Waals surface area contributed by atoms with Crippen molar-refractivity contribution in [2.45, 2.75) is 0 Å². The third-order valence-corrected chi connectivity index (χ3v) is 4.74. The molecule has 0 aliphatic carbocycles. The van der Waals surface area contributed by atoms with Gasteiger partial charge in [0.2, 0.25) is 0 Å². The molecule has 6 nitrogen and oxygen atoms in total. The Balaban J connectivity index is 1.29. The van der Waals surface area contributed by atoms with E-state index in [0.717, 1.165) is 63.1 Å². The van der Waals surface area contributed by atoms with Gasteiger partial charge in [0.05, 0.1) is 6.54 Å². The number of halogens is 1.